The third kappa shape index (κ3) is 3.23. The highest BCUT2D eigenvalue weighted by Gasteiger charge is 2.32. The van der Waals surface area contributed by atoms with E-state index in [-0.39, 0.29) is 5.60 Å². The zero-order valence-electron chi connectivity index (χ0n) is 13.3. The van der Waals surface area contributed by atoms with Crippen LogP contribution in [0.3, 0.4) is 0 Å². The summed E-state index contributed by atoms with van der Waals surface area (Å²) in [6, 6.07) is 0. The van der Waals surface area contributed by atoms with E-state index in [0.29, 0.717) is 5.92 Å². The van der Waals surface area contributed by atoms with E-state index in [4.69, 9.17) is 9.72 Å². The molecule has 1 heterocycles. The molecule has 3 nitrogen and oxygen atoms in total. The molecule has 2 rings (SSSR count). The van der Waals surface area contributed by atoms with Crippen LogP contribution in [0, 0.1) is 0 Å². The highest BCUT2D eigenvalue weighted by molar-refractivity contribution is 7.11. The van der Waals surface area contributed by atoms with Crippen LogP contribution in [-0.4, -0.2) is 25.2 Å². The van der Waals surface area contributed by atoms with Gasteiger partial charge in [-0.05, 0) is 45.6 Å². The van der Waals surface area contributed by atoms with E-state index in [1.165, 1.54) is 36.3 Å². The quantitative estimate of drug-likeness (QED) is 0.776. The van der Waals surface area contributed by atoms with Crippen molar-refractivity contribution < 1.29 is 4.74 Å². The number of nitrogens with zero attached hydrogens (tertiary/aromatic N) is 1. The Labute approximate surface area is 127 Å². The lowest BCUT2D eigenvalue weighted by Gasteiger charge is -2.24. The second kappa shape index (κ2) is 7.01. The van der Waals surface area contributed by atoms with Gasteiger partial charge in [-0.1, -0.05) is 13.8 Å². The minimum absolute atomic E-state index is 0.219. The predicted octanol–water partition coefficient (Wildman–Crippen LogP) is 3.83. The van der Waals surface area contributed by atoms with Crippen LogP contribution in [0.2, 0.25) is 0 Å². The summed E-state index contributed by atoms with van der Waals surface area (Å²) in [5.41, 5.74) is 1.13. The third-order valence-corrected chi connectivity index (χ3v) is 5.84. The fraction of sp³-hybridized carbons (Fsp3) is 0.812. The maximum absolute atomic E-state index is 5.72. The van der Waals surface area contributed by atoms with Crippen molar-refractivity contribution in [3.8, 4) is 0 Å². The van der Waals surface area contributed by atoms with Crippen molar-refractivity contribution in [1.82, 2.24) is 10.3 Å². The molecule has 2 unspecified atom stereocenters. The van der Waals surface area contributed by atoms with Gasteiger partial charge in [0, 0.05) is 24.4 Å². The molecule has 1 aromatic heterocycles. The average Bonchev–Trinajstić information content (AvgIpc) is 2.92. The molecule has 1 aromatic rings. The van der Waals surface area contributed by atoms with Gasteiger partial charge >= 0.3 is 0 Å². The van der Waals surface area contributed by atoms with Crippen molar-refractivity contribution >= 4 is 11.3 Å². The lowest BCUT2D eigenvalue weighted by Crippen LogP contribution is -2.26. The highest BCUT2D eigenvalue weighted by atomic mass is 32.1. The lowest BCUT2D eigenvalue weighted by molar-refractivity contribution is -0.00170. The average molecular weight is 296 g/mol. The summed E-state index contributed by atoms with van der Waals surface area (Å²) in [5.74, 6) is 0.591. The van der Waals surface area contributed by atoms with Gasteiger partial charge in [0.15, 0.2) is 0 Å². The normalized spacial score (nSPS) is 21.5. The molecule has 2 atom stereocenters. The molecule has 0 bridgehead atoms. The number of thiazole rings is 1. The highest BCUT2D eigenvalue weighted by Crippen LogP contribution is 2.39. The molecule has 0 aliphatic heterocycles. The number of ether oxygens (including phenoxy) is 1. The molecule has 0 fully saturated rings. The number of hydrogen-bond acceptors (Lipinski definition) is 4. The monoisotopic (exact) mass is 296 g/mol. The summed E-state index contributed by atoms with van der Waals surface area (Å²) in [4.78, 5) is 6.47. The Morgan fingerprint density at radius 1 is 1.45 bits per heavy atom. The van der Waals surface area contributed by atoms with E-state index in [0.717, 1.165) is 24.5 Å². The Hall–Kier alpha value is -0.450. The van der Waals surface area contributed by atoms with Crippen LogP contribution >= 0.6 is 11.3 Å². The van der Waals surface area contributed by atoms with Crippen molar-refractivity contribution in [2.24, 2.45) is 0 Å². The SMILES string of the molecule is CCCNCC1CCCc2sc(C(C)(CC)OC)nc21. The summed E-state index contributed by atoms with van der Waals surface area (Å²) < 4.78 is 5.72. The van der Waals surface area contributed by atoms with Crippen LogP contribution in [0.5, 0.6) is 0 Å². The molecule has 4 heteroatoms. The van der Waals surface area contributed by atoms with Gasteiger partial charge < -0.3 is 10.1 Å². The summed E-state index contributed by atoms with van der Waals surface area (Å²) >= 11 is 1.87. The van der Waals surface area contributed by atoms with Crippen molar-refractivity contribution in [2.45, 2.75) is 64.4 Å². The van der Waals surface area contributed by atoms with E-state index in [1.807, 2.05) is 11.3 Å². The standard InChI is InChI=1S/C16H28N2OS/c1-5-10-17-11-12-8-7-9-13-14(12)18-15(20-13)16(3,6-2)19-4/h12,17H,5-11H2,1-4H3. The Morgan fingerprint density at radius 2 is 2.25 bits per heavy atom. The van der Waals surface area contributed by atoms with E-state index < -0.39 is 0 Å². The first-order chi connectivity index (χ1) is 9.64. The number of nitrogens with one attached hydrogen (secondary N) is 1. The van der Waals surface area contributed by atoms with Gasteiger partial charge in [-0.3, -0.25) is 0 Å². The molecule has 0 aromatic carbocycles. The van der Waals surface area contributed by atoms with Gasteiger partial charge in [0.05, 0.1) is 5.69 Å². The molecule has 1 aliphatic rings. The third-order valence-electron chi connectivity index (χ3n) is 4.47. The van der Waals surface area contributed by atoms with Crippen molar-refractivity contribution in [1.29, 1.82) is 0 Å². The second-order valence-electron chi connectivity index (χ2n) is 5.91. The largest absolute Gasteiger partial charge is 0.371 e. The maximum Gasteiger partial charge on any atom is 0.125 e. The minimum Gasteiger partial charge on any atom is -0.371 e. The van der Waals surface area contributed by atoms with Crippen LogP contribution in [-0.2, 0) is 16.8 Å². The number of aromatic nitrogens is 1. The smallest absolute Gasteiger partial charge is 0.125 e. The van der Waals surface area contributed by atoms with Gasteiger partial charge in [-0.25, -0.2) is 4.98 Å². The van der Waals surface area contributed by atoms with E-state index >= 15 is 0 Å². The minimum atomic E-state index is -0.219. The Bertz CT molecular complexity index is 426. The van der Waals surface area contributed by atoms with E-state index in [1.54, 1.807) is 7.11 Å². The van der Waals surface area contributed by atoms with Crippen LogP contribution in [0.25, 0.3) is 0 Å². The number of hydrogen-bond donors (Lipinski definition) is 1. The fourth-order valence-corrected chi connectivity index (χ4v) is 4.15. The van der Waals surface area contributed by atoms with Gasteiger partial charge in [-0.2, -0.15) is 0 Å². The number of rotatable bonds is 7. The van der Waals surface area contributed by atoms with Gasteiger partial charge in [0.25, 0.3) is 0 Å². The fourth-order valence-electron chi connectivity index (χ4n) is 2.77. The molecule has 0 saturated heterocycles. The zero-order valence-corrected chi connectivity index (χ0v) is 14.1. The van der Waals surface area contributed by atoms with E-state index in [2.05, 4.69) is 26.1 Å². The van der Waals surface area contributed by atoms with Crippen molar-refractivity contribution in [2.75, 3.05) is 20.2 Å². The molecule has 0 amide bonds. The molecule has 114 valence electrons. The number of fused-ring (bicyclic) bond motifs is 1. The van der Waals surface area contributed by atoms with Gasteiger partial charge in [-0.15, -0.1) is 11.3 Å². The summed E-state index contributed by atoms with van der Waals surface area (Å²) in [6.45, 7) is 8.71. The Kier molecular flexibility index (Phi) is 5.58. The first-order valence-electron chi connectivity index (χ1n) is 7.90. The first-order valence-corrected chi connectivity index (χ1v) is 8.72. The zero-order chi connectivity index (χ0) is 14.6. The summed E-state index contributed by atoms with van der Waals surface area (Å²) in [5, 5.41) is 4.72. The lowest BCUT2D eigenvalue weighted by atomic mass is 9.91. The van der Waals surface area contributed by atoms with Crippen LogP contribution in [0.15, 0.2) is 0 Å². The molecule has 20 heavy (non-hydrogen) atoms. The summed E-state index contributed by atoms with van der Waals surface area (Å²) in [6.07, 6.45) is 5.92. The van der Waals surface area contributed by atoms with Crippen molar-refractivity contribution in [3.63, 3.8) is 0 Å². The molecule has 0 saturated carbocycles. The van der Waals surface area contributed by atoms with Crippen LogP contribution in [0.4, 0.5) is 0 Å². The number of aryl methyl sites for hydroxylation is 1. The molecule has 1 aliphatic carbocycles. The molecule has 0 spiro atoms. The van der Waals surface area contributed by atoms with E-state index in [9.17, 15) is 0 Å². The Morgan fingerprint density at radius 3 is 2.90 bits per heavy atom. The van der Waals surface area contributed by atoms with Crippen LogP contribution < -0.4 is 5.32 Å². The Balaban J connectivity index is 2.18. The number of methoxy groups -OCH3 is 1. The second-order valence-corrected chi connectivity index (χ2v) is 6.99. The molecular weight excluding hydrogens is 268 g/mol. The molecule has 1 N–H and O–H groups in total. The molecular formula is C16H28N2OS. The predicted molar refractivity (Wildman–Crippen MR) is 85.6 cm³/mol. The molecule has 0 radical (unpaired) electrons. The first kappa shape index (κ1) is 15.9. The topological polar surface area (TPSA) is 34.1 Å². The van der Waals surface area contributed by atoms with Gasteiger partial charge in [0.1, 0.15) is 10.6 Å². The van der Waals surface area contributed by atoms with Gasteiger partial charge in [0.2, 0.25) is 0 Å². The summed E-state index contributed by atoms with van der Waals surface area (Å²) in [7, 11) is 1.80. The van der Waals surface area contributed by atoms with Crippen LogP contribution in [0.1, 0.15) is 68.0 Å². The van der Waals surface area contributed by atoms with Crippen molar-refractivity contribution in [3.05, 3.63) is 15.6 Å². The maximum atomic E-state index is 5.72.